The maximum atomic E-state index is 10.9. The first-order chi connectivity index (χ1) is 5.91. The molecule has 0 aromatic heterocycles. The fourth-order valence-corrected chi connectivity index (χ4v) is 1.22. The van der Waals surface area contributed by atoms with Gasteiger partial charge in [-0.05, 0) is 27.4 Å². The Morgan fingerprint density at radius 2 is 2.00 bits per heavy atom. The molecule has 0 aromatic rings. The van der Waals surface area contributed by atoms with Gasteiger partial charge in [0.1, 0.15) is 5.50 Å². The number of carbonyl (C=O) groups is 1. The van der Waals surface area contributed by atoms with Gasteiger partial charge in [0, 0.05) is 0 Å². The third-order valence-electron chi connectivity index (χ3n) is 1.91. The third kappa shape index (κ3) is 3.36. The lowest BCUT2D eigenvalue weighted by molar-refractivity contribution is -0.133. The molecule has 76 valence electrons. The predicted octanol–water partition coefficient (Wildman–Crippen LogP) is 1.92. The molecule has 0 aliphatic heterocycles. The number of carboxylic acid groups (broad SMARTS) is 1. The number of alkyl halides is 1. The van der Waals surface area contributed by atoms with Crippen molar-refractivity contribution in [2.45, 2.75) is 25.8 Å². The van der Waals surface area contributed by atoms with Gasteiger partial charge in [-0.15, -0.1) is 11.6 Å². The molecule has 0 aliphatic carbocycles. The highest BCUT2D eigenvalue weighted by atomic mass is 35.5. The van der Waals surface area contributed by atoms with Crippen molar-refractivity contribution in [2.24, 2.45) is 0 Å². The van der Waals surface area contributed by atoms with E-state index in [9.17, 15) is 4.79 Å². The van der Waals surface area contributed by atoms with E-state index in [1.165, 1.54) is 0 Å². The minimum absolute atomic E-state index is 0.286. The van der Waals surface area contributed by atoms with Gasteiger partial charge in [-0.1, -0.05) is 12.5 Å². The Balaban J connectivity index is 4.93. The van der Waals surface area contributed by atoms with Crippen molar-refractivity contribution in [2.75, 3.05) is 14.1 Å². The third-order valence-corrected chi connectivity index (χ3v) is 2.52. The average molecular weight is 206 g/mol. The van der Waals surface area contributed by atoms with E-state index < -0.39 is 11.5 Å². The molecular weight excluding hydrogens is 190 g/mol. The van der Waals surface area contributed by atoms with E-state index >= 15 is 0 Å². The summed E-state index contributed by atoms with van der Waals surface area (Å²) >= 11 is 5.94. The minimum Gasteiger partial charge on any atom is -0.478 e. The number of carboxylic acids is 1. The smallest absolute Gasteiger partial charge is 0.334 e. The summed E-state index contributed by atoms with van der Waals surface area (Å²) in [5.74, 6) is -0.937. The van der Waals surface area contributed by atoms with Crippen LogP contribution in [0.5, 0.6) is 0 Å². The molecule has 0 aliphatic rings. The van der Waals surface area contributed by atoms with Gasteiger partial charge in [-0.25, -0.2) is 4.79 Å². The van der Waals surface area contributed by atoms with Gasteiger partial charge >= 0.3 is 5.97 Å². The van der Waals surface area contributed by atoms with Crippen molar-refractivity contribution in [3.8, 4) is 0 Å². The molecule has 0 aromatic carbocycles. The second-order valence-corrected chi connectivity index (χ2v) is 3.57. The fourth-order valence-electron chi connectivity index (χ4n) is 0.936. The Bertz CT molecular complexity index is 224. The largest absolute Gasteiger partial charge is 0.478 e. The molecule has 0 amide bonds. The highest BCUT2D eigenvalue weighted by Crippen LogP contribution is 2.18. The molecule has 3 nitrogen and oxygen atoms in total. The summed E-state index contributed by atoms with van der Waals surface area (Å²) in [5, 5.41) is 8.93. The zero-order chi connectivity index (χ0) is 10.6. The van der Waals surface area contributed by atoms with Crippen LogP contribution in [0.25, 0.3) is 0 Å². The number of likely N-dealkylation sites (N-methyl/N-ethyl adjacent to an activating group) is 1. The quantitative estimate of drug-likeness (QED) is 0.433. The summed E-state index contributed by atoms with van der Waals surface area (Å²) < 4.78 is 0. The first-order valence-electron chi connectivity index (χ1n) is 4.15. The molecule has 13 heavy (non-hydrogen) atoms. The average Bonchev–Trinajstić information content (AvgIpc) is 2.03. The van der Waals surface area contributed by atoms with Crippen molar-refractivity contribution < 1.29 is 9.90 Å². The molecule has 4 heteroatoms. The molecule has 1 atom stereocenters. The zero-order valence-electron chi connectivity index (χ0n) is 8.47. The Labute approximate surface area is 84.0 Å². The Morgan fingerprint density at radius 3 is 2.23 bits per heavy atom. The molecule has 0 saturated carbocycles. The van der Waals surface area contributed by atoms with Crippen molar-refractivity contribution in [3.05, 3.63) is 11.1 Å². The SMILES string of the molecule is CCC(C)=C(C(=O)O)C(Cl)N(C)C. The van der Waals surface area contributed by atoms with Crippen molar-refractivity contribution in [3.63, 3.8) is 0 Å². The van der Waals surface area contributed by atoms with E-state index in [0.717, 1.165) is 5.57 Å². The van der Waals surface area contributed by atoms with Crippen LogP contribution in [0.3, 0.4) is 0 Å². The topological polar surface area (TPSA) is 40.5 Å². The second-order valence-electron chi connectivity index (χ2n) is 3.15. The van der Waals surface area contributed by atoms with Crippen molar-refractivity contribution in [1.29, 1.82) is 0 Å². The second kappa shape index (κ2) is 5.25. The lowest BCUT2D eigenvalue weighted by Gasteiger charge is -2.19. The number of hydrogen-bond donors (Lipinski definition) is 1. The summed E-state index contributed by atoms with van der Waals surface area (Å²) in [4.78, 5) is 12.5. The summed E-state index contributed by atoms with van der Waals surface area (Å²) in [6.45, 7) is 3.71. The zero-order valence-corrected chi connectivity index (χ0v) is 9.22. The summed E-state index contributed by atoms with van der Waals surface area (Å²) in [6.07, 6.45) is 0.707. The van der Waals surface area contributed by atoms with Crippen LogP contribution in [0.2, 0.25) is 0 Å². The molecule has 0 saturated heterocycles. The van der Waals surface area contributed by atoms with E-state index in [0.29, 0.717) is 6.42 Å². The predicted molar refractivity (Wildman–Crippen MR) is 54.0 cm³/mol. The molecule has 0 fully saturated rings. The van der Waals surface area contributed by atoms with E-state index in [4.69, 9.17) is 16.7 Å². The summed E-state index contributed by atoms with van der Waals surface area (Å²) in [7, 11) is 3.51. The first kappa shape index (κ1) is 12.5. The maximum absolute atomic E-state index is 10.9. The monoisotopic (exact) mass is 205 g/mol. The normalized spacial score (nSPS) is 15.5. The molecular formula is C9H16ClNO2. The van der Waals surface area contributed by atoms with Gasteiger partial charge in [0.15, 0.2) is 0 Å². The molecule has 0 spiro atoms. The van der Waals surface area contributed by atoms with Crippen molar-refractivity contribution in [1.82, 2.24) is 4.90 Å². The Hall–Kier alpha value is -0.540. The van der Waals surface area contributed by atoms with Crippen LogP contribution in [0.15, 0.2) is 11.1 Å². The van der Waals surface area contributed by atoms with Gasteiger partial charge in [0.05, 0.1) is 5.57 Å². The van der Waals surface area contributed by atoms with E-state index in [-0.39, 0.29) is 5.57 Å². The first-order valence-corrected chi connectivity index (χ1v) is 4.58. The van der Waals surface area contributed by atoms with Crippen LogP contribution in [0.1, 0.15) is 20.3 Å². The van der Waals surface area contributed by atoms with Crippen LogP contribution in [-0.4, -0.2) is 35.6 Å². The Kier molecular flexibility index (Phi) is 5.03. The molecule has 1 unspecified atom stereocenters. The van der Waals surface area contributed by atoms with Crippen LogP contribution >= 0.6 is 11.6 Å². The highest BCUT2D eigenvalue weighted by Gasteiger charge is 2.21. The number of aliphatic carboxylic acids is 1. The lowest BCUT2D eigenvalue weighted by atomic mass is 10.1. The van der Waals surface area contributed by atoms with E-state index in [1.807, 2.05) is 6.92 Å². The highest BCUT2D eigenvalue weighted by molar-refractivity contribution is 6.24. The van der Waals surface area contributed by atoms with Crippen molar-refractivity contribution >= 4 is 17.6 Å². The fraction of sp³-hybridized carbons (Fsp3) is 0.667. The number of allylic oxidation sites excluding steroid dienone is 1. The summed E-state index contributed by atoms with van der Waals surface area (Å²) in [5.41, 5.74) is 0.549. The number of hydrogen-bond acceptors (Lipinski definition) is 2. The molecule has 0 bridgehead atoms. The number of halogens is 1. The molecule has 0 radical (unpaired) electrons. The van der Waals surface area contributed by atoms with E-state index in [1.54, 1.807) is 25.9 Å². The molecule has 0 heterocycles. The summed E-state index contributed by atoms with van der Waals surface area (Å²) in [6, 6.07) is 0. The van der Waals surface area contributed by atoms with Gasteiger partial charge in [0.25, 0.3) is 0 Å². The van der Waals surface area contributed by atoms with Crippen LogP contribution in [0.4, 0.5) is 0 Å². The molecule has 0 rings (SSSR count). The van der Waals surface area contributed by atoms with Crippen LogP contribution in [-0.2, 0) is 4.79 Å². The van der Waals surface area contributed by atoms with E-state index in [2.05, 4.69) is 0 Å². The molecule has 1 N–H and O–H groups in total. The number of nitrogens with zero attached hydrogens (tertiary/aromatic N) is 1. The van der Waals surface area contributed by atoms with Gasteiger partial charge in [-0.2, -0.15) is 0 Å². The maximum Gasteiger partial charge on any atom is 0.334 e. The van der Waals surface area contributed by atoms with Crippen LogP contribution < -0.4 is 0 Å². The Morgan fingerprint density at radius 1 is 1.54 bits per heavy atom. The van der Waals surface area contributed by atoms with Gasteiger partial charge < -0.3 is 5.11 Å². The number of rotatable bonds is 4. The van der Waals surface area contributed by atoms with Gasteiger partial charge in [-0.3, -0.25) is 4.90 Å². The lowest BCUT2D eigenvalue weighted by Crippen LogP contribution is -2.28. The van der Waals surface area contributed by atoms with Crippen LogP contribution in [0, 0.1) is 0 Å². The standard InChI is InChI=1S/C9H16ClNO2/c1-5-6(2)7(9(12)13)8(10)11(3)4/h8H,5H2,1-4H3,(H,12,13). The minimum atomic E-state index is -0.937. The van der Waals surface area contributed by atoms with Gasteiger partial charge in [0.2, 0.25) is 0 Å².